The van der Waals surface area contributed by atoms with Crippen molar-refractivity contribution in [2.75, 3.05) is 5.43 Å². The van der Waals surface area contributed by atoms with E-state index in [1.165, 1.54) is 0 Å². The zero-order chi connectivity index (χ0) is 13.1. The maximum atomic E-state index is 5.43. The van der Waals surface area contributed by atoms with Crippen LogP contribution in [0.15, 0.2) is 18.2 Å². The Bertz CT molecular complexity index is 523. The SMILES string of the molecule is CCc1cc(NN)nc(-c2cc(C)nc(C)c2)n1. The molecule has 2 aromatic heterocycles. The van der Waals surface area contributed by atoms with E-state index in [1.807, 2.05) is 32.0 Å². The van der Waals surface area contributed by atoms with Crippen molar-refractivity contribution in [3.8, 4) is 11.4 Å². The summed E-state index contributed by atoms with van der Waals surface area (Å²) in [5.41, 5.74) is 6.41. The summed E-state index contributed by atoms with van der Waals surface area (Å²) in [5.74, 6) is 6.73. The van der Waals surface area contributed by atoms with Gasteiger partial charge in [-0.25, -0.2) is 15.8 Å². The summed E-state index contributed by atoms with van der Waals surface area (Å²) < 4.78 is 0. The van der Waals surface area contributed by atoms with Crippen molar-refractivity contribution in [1.29, 1.82) is 0 Å². The van der Waals surface area contributed by atoms with E-state index in [2.05, 4.69) is 27.3 Å². The maximum Gasteiger partial charge on any atom is 0.161 e. The average molecular weight is 243 g/mol. The number of hydrogen-bond acceptors (Lipinski definition) is 5. The molecule has 5 nitrogen and oxygen atoms in total. The lowest BCUT2D eigenvalue weighted by Crippen LogP contribution is -2.10. The van der Waals surface area contributed by atoms with Gasteiger partial charge >= 0.3 is 0 Å². The zero-order valence-corrected chi connectivity index (χ0v) is 10.9. The van der Waals surface area contributed by atoms with Gasteiger partial charge in [-0.15, -0.1) is 0 Å². The summed E-state index contributed by atoms with van der Waals surface area (Å²) in [6.07, 6.45) is 0.841. The lowest BCUT2D eigenvalue weighted by atomic mass is 10.2. The molecule has 0 aliphatic rings. The van der Waals surface area contributed by atoms with Gasteiger partial charge in [-0.05, 0) is 32.4 Å². The quantitative estimate of drug-likeness (QED) is 0.637. The van der Waals surface area contributed by atoms with Crippen molar-refractivity contribution in [2.45, 2.75) is 27.2 Å². The highest BCUT2D eigenvalue weighted by atomic mass is 15.3. The number of rotatable bonds is 3. The van der Waals surface area contributed by atoms with Crippen molar-refractivity contribution < 1.29 is 0 Å². The standard InChI is InChI=1S/C13H17N5/c1-4-11-7-12(18-14)17-13(16-11)10-5-8(2)15-9(3)6-10/h5-7H,4,14H2,1-3H3,(H,16,17,18). The fraction of sp³-hybridized carbons (Fsp3) is 0.308. The molecule has 0 radical (unpaired) electrons. The first kappa shape index (κ1) is 12.4. The van der Waals surface area contributed by atoms with Gasteiger partial charge in [-0.1, -0.05) is 6.92 Å². The highest BCUT2D eigenvalue weighted by Crippen LogP contribution is 2.19. The molecule has 2 heterocycles. The van der Waals surface area contributed by atoms with Crippen LogP contribution in [0.5, 0.6) is 0 Å². The van der Waals surface area contributed by atoms with Crippen molar-refractivity contribution >= 4 is 5.82 Å². The van der Waals surface area contributed by atoms with Gasteiger partial charge in [0.1, 0.15) is 5.82 Å². The van der Waals surface area contributed by atoms with Crippen LogP contribution in [-0.2, 0) is 6.42 Å². The maximum absolute atomic E-state index is 5.43. The molecule has 5 heteroatoms. The molecular weight excluding hydrogens is 226 g/mol. The molecule has 0 bridgehead atoms. The third-order valence-electron chi connectivity index (χ3n) is 2.63. The summed E-state index contributed by atoms with van der Waals surface area (Å²) in [5, 5.41) is 0. The third kappa shape index (κ3) is 2.62. The zero-order valence-electron chi connectivity index (χ0n) is 10.9. The number of aryl methyl sites for hydroxylation is 3. The summed E-state index contributed by atoms with van der Waals surface area (Å²) >= 11 is 0. The second-order valence-electron chi connectivity index (χ2n) is 4.20. The van der Waals surface area contributed by atoms with Crippen LogP contribution in [0, 0.1) is 13.8 Å². The normalized spacial score (nSPS) is 10.4. The average Bonchev–Trinajstić information content (AvgIpc) is 2.37. The van der Waals surface area contributed by atoms with Gasteiger partial charge in [-0.2, -0.15) is 0 Å². The van der Waals surface area contributed by atoms with Crippen LogP contribution in [0.1, 0.15) is 24.0 Å². The monoisotopic (exact) mass is 243 g/mol. The molecule has 0 aromatic carbocycles. The van der Waals surface area contributed by atoms with Crippen LogP contribution in [0.4, 0.5) is 5.82 Å². The van der Waals surface area contributed by atoms with E-state index in [4.69, 9.17) is 5.84 Å². The Balaban J connectivity index is 2.55. The summed E-state index contributed by atoms with van der Waals surface area (Å²) in [4.78, 5) is 13.2. The second-order valence-corrected chi connectivity index (χ2v) is 4.20. The van der Waals surface area contributed by atoms with Crippen LogP contribution in [0.3, 0.4) is 0 Å². The van der Waals surface area contributed by atoms with E-state index in [-0.39, 0.29) is 0 Å². The number of nitrogens with zero attached hydrogens (tertiary/aromatic N) is 3. The molecule has 18 heavy (non-hydrogen) atoms. The van der Waals surface area contributed by atoms with E-state index < -0.39 is 0 Å². The van der Waals surface area contributed by atoms with Crippen LogP contribution in [0.25, 0.3) is 11.4 Å². The van der Waals surface area contributed by atoms with Crippen molar-refractivity contribution in [3.63, 3.8) is 0 Å². The Morgan fingerprint density at radius 2 is 1.72 bits per heavy atom. The first-order valence-corrected chi connectivity index (χ1v) is 5.92. The van der Waals surface area contributed by atoms with Gasteiger partial charge in [-0.3, -0.25) is 4.98 Å². The molecule has 2 rings (SSSR count). The number of hydrazine groups is 1. The Morgan fingerprint density at radius 1 is 1.06 bits per heavy atom. The minimum atomic E-state index is 0.629. The largest absolute Gasteiger partial charge is 0.308 e. The lowest BCUT2D eigenvalue weighted by molar-refractivity contribution is 0.998. The molecule has 3 N–H and O–H groups in total. The number of anilines is 1. The number of nitrogens with one attached hydrogen (secondary N) is 1. The molecule has 0 aliphatic carbocycles. The summed E-state index contributed by atoms with van der Waals surface area (Å²) in [7, 11) is 0. The molecule has 0 saturated carbocycles. The van der Waals surface area contributed by atoms with Crippen molar-refractivity contribution in [3.05, 3.63) is 35.3 Å². The fourth-order valence-electron chi connectivity index (χ4n) is 1.85. The molecule has 0 atom stereocenters. The number of aromatic nitrogens is 3. The Morgan fingerprint density at radius 3 is 2.28 bits per heavy atom. The Hall–Kier alpha value is -2.01. The fourth-order valence-corrected chi connectivity index (χ4v) is 1.85. The molecule has 0 fully saturated rings. The van der Waals surface area contributed by atoms with Crippen LogP contribution in [0.2, 0.25) is 0 Å². The van der Waals surface area contributed by atoms with Gasteiger partial charge in [0.2, 0.25) is 0 Å². The Kier molecular flexibility index (Phi) is 3.53. The molecule has 0 saturated heterocycles. The van der Waals surface area contributed by atoms with E-state index in [0.717, 1.165) is 29.1 Å². The van der Waals surface area contributed by atoms with Crippen molar-refractivity contribution in [2.24, 2.45) is 5.84 Å². The van der Waals surface area contributed by atoms with Gasteiger partial charge in [0.05, 0.1) is 0 Å². The molecule has 2 aromatic rings. The van der Waals surface area contributed by atoms with Gasteiger partial charge in [0.15, 0.2) is 5.82 Å². The highest BCUT2D eigenvalue weighted by Gasteiger charge is 2.07. The lowest BCUT2D eigenvalue weighted by Gasteiger charge is -2.07. The molecule has 0 amide bonds. The molecular formula is C13H17N5. The number of nitrogen functional groups attached to an aromatic ring is 1. The number of pyridine rings is 1. The van der Waals surface area contributed by atoms with E-state index in [0.29, 0.717) is 11.6 Å². The Labute approximate surface area is 106 Å². The van der Waals surface area contributed by atoms with E-state index in [9.17, 15) is 0 Å². The number of hydrogen-bond donors (Lipinski definition) is 2. The summed E-state index contributed by atoms with van der Waals surface area (Å²) in [6.45, 7) is 5.97. The minimum Gasteiger partial charge on any atom is -0.308 e. The molecule has 0 aliphatic heterocycles. The van der Waals surface area contributed by atoms with Gasteiger partial charge < -0.3 is 5.43 Å². The topological polar surface area (TPSA) is 76.7 Å². The van der Waals surface area contributed by atoms with Crippen LogP contribution >= 0.6 is 0 Å². The minimum absolute atomic E-state index is 0.629. The smallest absolute Gasteiger partial charge is 0.161 e. The number of nitrogens with two attached hydrogens (primary N) is 1. The van der Waals surface area contributed by atoms with E-state index >= 15 is 0 Å². The molecule has 94 valence electrons. The predicted octanol–water partition coefficient (Wildman–Crippen LogP) is 2.00. The van der Waals surface area contributed by atoms with Gasteiger partial charge in [0.25, 0.3) is 0 Å². The third-order valence-corrected chi connectivity index (χ3v) is 2.63. The van der Waals surface area contributed by atoms with E-state index in [1.54, 1.807) is 0 Å². The van der Waals surface area contributed by atoms with Gasteiger partial charge in [0, 0.05) is 28.7 Å². The first-order chi connectivity index (χ1) is 8.62. The molecule has 0 spiro atoms. The summed E-state index contributed by atoms with van der Waals surface area (Å²) in [6, 6.07) is 5.80. The second kappa shape index (κ2) is 5.10. The first-order valence-electron chi connectivity index (χ1n) is 5.92. The van der Waals surface area contributed by atoms with Crippen LogP contribution in [-0.4, -0.2) is 15.0 Å². The van der Waals surface area contributed by atoms with Crippen LogP contribution < -0.4 is 11.3 Å². The van der Waals surface area contributed by atoms with Crippen molar-refractivity contribution in [1.82, 2.24) is 15.0 Å². The molecule has 0 unspecified atom stereocenters. The predicted molar refractivity (Wildman–Crippen MR) is 71.9 cm³/mol. The highest BCUT2D eigenvalue weighted by molar-refractivity contribution is 5.58.